The highest BCUT2D eigenvalue weighted by Crippen LogP contribution is 2.36. The van der Waals surface area contributed by atoms with E-state index in [1.807, 2.05) is 61.2 Å². The van der Waals surface area contributed by atoms with Crippen LogP contribution in [0.25, 0.3) is 10.2 Å². The van der Waals surface area contributed by atoms with Crippen LogP contribution in [0.4, 0.5) is 26.3 Å². The molecule has 2 aromatic carbocycles. The Bertz CT molecular complexity index is 2200. The molecule has 8 rings (SSSR count). The average Bonchev–Trinajstić information content (AvgIpc) is 3.81. The third-order valence-electron chi connectivity index (χ3n) is 10.8. The number of carboxylic acid groups (broad SMARTS) is 1. The van der Waals surface area contributed by atoms with Crippen LogP contribution in [0.2, 0.25) is 0 Å². The normalized spacial score (nSPS) is 18.0. The van der Waals surface area contributed by atoms with Gasteiger partial charge in [-0.25, -0.2) is 19.2 Å². The second kappa shape index (κ2) is 18.3. The highest BCUT2D eigenvalue weighted by molar-refractivity contribution is 7.22. The zero-order valence-corrected chi connectivity index (χ0v) is 34.3. The summed E-state index contributed by atoms with van der Waals surface area (Å²) in [5.41, 5.74) is 2.27. The van der Waals surface area contributed by atoms with Crippen molar-refractivity contribution < 1.29 is 28.6 Å². The van der Waals surface area contributed by atoms with Gasteiger partial charge in [-0.05, 0) is 114 Å². The Morgan fingerprint density at radius 1 is 1.07 bits per heavy atom. The fourth-order valence-electron chi connectivity index (χ4n) is 7.70. The van der Waals surface area contributed by atoms with E-state index in [-0.39, 0.29) is 18.1 Å². The summed E-state index contributed by atoms with van der Waals surface area (Å²) >= 11 is 2.82. The Morgan fingerprint density at radius 3 is 2.58 bits per heavy atom. The van der Waals surface area contributed by atoms with Gasteiger partial charge in [0.25, 0.3) is 0 Å². The predicted molar refractivity (Wildman–Crippen MR) is 224 cm³/mol. The van der Waals surface area contributed by atoms with Gasteiger partial charge in [-0.1, -0.05) is 35.3 Å². The van der Waals surface area contributed by atoms with Gasteiger partial charge in [0.2, 0.25) is 0 Å². The van der Waals surface area contributed by atoms with Crippen molar-refractivity contribution in [1.82, 2.24) is 25.1 Å². The number of ether oxygens (including phenoxy) is 1. The van der Waals surface area contributed by atoms with Gasteiger partial charge in [-0.2, -0.15) is 0 Å². The van der Waals surface area contributed by atoms with Crippen LogP contribution >= 0.6 is 22.7 Å². The zero-order valence-electron chi connectivity index (χ0n) is 32.7. The van der Waals surface area contributed by atoms with E-state index in [2.05, 4.69) is 37.3 Å². The molecule has 3 aromatic heterocycles. The summed E-state index contributed by atoms with van der Waals surface area (Å²) in [6.07, 6.45) is 5.39. The Balaban J connectivity index is 1.05. The van der Waals surface area contributed by atoms with Crippen molar-refractivity contribution in [2.45, 2.75) is 58.0 Å². The number of aromatic carboxylic acids is 1. The van der Waals surface area contributed by atoms with Crippen molar-refractivity contribution in [3.8, 4) is 17.6 Å². The van der Waals surface area contributed by atoms with Crippen molar-refractivity contribution in [3.05, 3.63) is 76.0 Å². The van der Waals surface area contributed by atoms with E-state index in [0.29, 0.717) is 71.1 Å². The van der Waals surface area contributed by atoms with Gasteiger partial charge in [-0.15, -0.1) is 21.5 Å². The number of aliphatic hydroxyl groups excluding tert-OH is 1. The van der Waals surface area contributed by atoms with Gasteiger partial charge >= 0.3 is 5.97 Å². The number of hydrogen-bond acceptors (Lipinski definition) is 12. The molecule has 0 aliphatic carbocycles. The molecule has 3 aliphatic heterocycles. The first-order valence-electron chi connectivity index (χ1n) is 19.6. The van der Waals surface area contributed by atoms with Crippen LogP contribution in [0.1, 0.15) is 65.0 Å². The summed E-state index contributed by atoms with van der Waals surface area (Å²) in [6.45, 7) is 7.38. The predicted octanol–water partition coefficient (Wildman–Crippen LogP) is 7.27. The molecule has 1 unspecified atom stereocenters. The first-order chi connectivity index (χ1) is 27.5. The molecule has 300 valence electrons. The monoisotopic (exact) mass is 813 g/mol. The summed E-state index contributed by atoms with van der Waals surface area (Å²) in [5, 5.41) is 35.1. The molecular formula is C42H50FN8O4S2+. The molecule has 57 heavy (non-hydrogen) atoms. The van der Waals surface area contributed by atoms with E-state index in [4.69, 9.17) is 4.74 Å². The number of thiazole rings is 2. The molecule has 0 radical (unpaired) electrons. The number of rotatable bonds is 17. The number of carbonyl (C=O) groups is 1. The summed E-state index contributed by atoms with van der Waals surface area (Å²) in [6, 6.07) is 14.5. The smallest absolute Gasteiger partial charge is 0.355 e. The number of piperidine rings is 3. The van der Waals surface area contributed by atoms with Crippen LogP contribution in [-0.2, 0) is 6.42 Å². The number of quaternary nitrogens is 1. The highest BCUT2D eigenvalue weighted by Gasteiger charge is 2.40. The van der Waals surface area contributed by atoms with Crippen LogP contribution in [0.5, 0.6) is 5.75 Å². The third-order valence-corrected chi connectivity index (χ3v) is 12.9. The fraction of sp³-hybridized carbons (Fsp3) is 0.452. The number of carboxylic acids is 1. The van der Waals surface area contributed by atoms with Crippen LogP contribution in [-0.4, -0.2) is 112 Å². The number of aryl methyl sites for hydroxylation is 2. The summed E-state index contributed by atoms with van der Waals surface area (Å²) < 4.78 is 22.6. The Labute approximate surface area is 340 Å². The molecule has 3 N–H and O–H groups in total. The maximum Gasteiger partial charge on any atom is 0.355 e. The van der Waals surface area contributed by atoms with E-state index >= 15 is 0 Å². The first kappa shape index (κ1) is 40.5. The van der Waals surface area contributed by atoms with Crippen LogP contribution in [0.15, 0.2) is 48.5 Å². The standard InChI is InChI=1S/C42H49FN8O4S2/c1-28-25-37(47-48-39(28)46-41-44-33-11-4-5-12-35(33)56-41)50(20-7-10-31(52)27-51-21-16-29(17-22-51)18-23-51)42-45-38(40(53)54)36(57-42)13-8-24-55-34-15-14-30(26-32(34)43)9-6-19-49(2)3/h4-5,11-12,14-15,25-26,29,31,52H,7-8,10,13,16-24,27H2,1-3H3,(H-,44,46,48,53,54)/p+1. The second-order valence-corrected chi connectivity index (χ2v) is 17.5. The molecule has 15 heteroatoms. The molecule has 3 fully saturated rings. The Hall–Kier alpha value is -4.72. The maximum absolute atomic E-state index is 14.8. The fourth-order valence-corrected chi connectivity index (χ4v) is 9.69. The quantitative estimate of drug-likeness (QED) is 0.0497. The van der Waals surface area contributed by atoms with Gasteiger partial charge < -0.3 is 29.6 Å². The minimum absolute atomic E-state index is 0.0324. The molecular weight excluding hydrogens is 764 g/mol. The number of fused-ring (bicyclic) bond motifs is 4. The molecule has 12 nitrogen and oxygen atoms in total. The molecule has 3 aliphatic rings. The van der Waals surface area contributed by atoms with Crippen molar-refractivity contribution in [3.63, 3.8) is 0 Å². The minimum Gasteiger partial charge on any atom is -0.491 e. The number of aliphatic hydroxyl groups is 1. The van der Waals surface area contributed by atoms with Gasteiger partial charge in [0, 0.05) is 17.0 Å². The number of nitrogens with one attached hydrogen (secondary N) is 1. The number of anilines is 4. The molecule has 6 heterocycles. The van der Waals surface area contributed by atoms with Crippen LogP contribution < -0.4 is 15.0 Å². The molecule has 0 spiro atoms. The lowest BCUT2D eigenvalue weighted by Gasteiger charge is -2.50. The van der Waals surface area contributed by atoms with Gasteiger partial charge in [-0.3, -0.25) is 4.90 Å². The van der Waals surface area contributed by atoms with E-state index in [1.54, 1.807) is 12.1 Å². The van der Waals surface area contributed by atoms with E-state index in [9.17, 15) is 19.4 Å². The molecule has 2 bridgehead atoms. The van der Waals surface area contributed by atoms with Crippen molar-refractivity contribution in [1.29, 1.82) is 0 Å². The highest BCUT2D eigenvalue weighted by atomic mass is 32.1. The topological polar surface area (TPSA) is 137 Å². The average molecular weight is 814 g/mol. The van der Waals surface area contributed by atoms with Crippen LogP contribution in [0, 0.1) is 30.5 Å². The molecule has 3 saturated heterocycles. The molecule has 0 saturated carbocycles. The number of halogens is 1. The Morgan fingerprint density at radius 2 is 1.86 bits per heavy atom. The van der Waals surface area contributed by atoms with E-state index in [0.717, 1.165) is 52.4 Å². The van der Waals surface area contributed by atoms with E-state index < -0.39 is 17.9 Å². The zero-order chi connectivity index (χ0) is 39.9. The number of para-hydroxylation sites is 1. The minimum atomic E-state index is -1.13. The van der Waals surface area contributed by atoms with Gasteiger partial charge in [0.05, 0.1) is 43.0 Å². The lowest BCUT2D eigenvalue weighted by molar-refractivity contribution is -0.945. The van der Waals surface area contributed by atoms with Crippen molar-refractivity contribution in [2.75, 3.05) is 70.2 Å². The summed E-state index contributed by atoms with van der Waals surface area (Å²) in [4.78, 5) is 26.2. The number of benzene rings is 2. The number of hydrogen-bond donors (Lipinski definition) is 3. The second-order valence-electron chi connectivity index (χ2n) is 15.4. The molecule has 5 aromatic rings. The lowest BCUT2D eigenvalue weighted by atomic mass is 9.85. The lowest BCUT2D eigenvalue weighted by Crippen LogP contribution is -2.60. The Kier molecular flexibility index (Phi) is 13.0. The first-order valence-corrected chi connectivity index (χ1v) is 21.2. The largest absolute Gasteiger partial charge is 0.491 e. The van der Waals surface area contributed by atoms with Crippen LogP contribution in [0.3, 0.4) is 0 Å². The number of nitrogens with zero attached hydrogens (tertiary/aromatic N) is 7. The summed E-state index contributed by atoms with van der Waals surface area (Å²) in [5.74, 6) is 6.40. The van der Waals surface area contributed by atoms with Gasteiger partial charge in [0.15, 0.2) is 39.2 Å². The summed E-state index contributed by atoms with van der Waals surface area (Å²) in [7, 11) is 3.84. The SMILES string of the molecule is Cc1cc(N(CCCC(O)C[N+]23CCC(CC2)CC3)c2nc(C(=O)O)c(CCCOc3ccc(C#CCN(C)C)cc3F)s2)nnc1Nc1nc2ccccc2s1. The maximum atomic E-state index is 14.8. The van der Waals surface area contributed by atoms with E-state index in [1.165, 1.54) is 48.0 Å². The molecule has 0 amide bonds. The number of aromatic nitrogens is 4. The van der Waals surface area contributed by atoms with Gasteiger partial charge in [0.1, 0.15) is 12.6 Å². The molecule has 1 atom stereocenters. The van der Waals surface area contributed by atoms with Crippen molar-refractivity contribution in [2.24, 2.45) is 5.92 Å². The van der Waals surface area contributed by atoms with Crippen molar-refractivity contribution >= 4 is 60.8 Å². The third kappa shape index (κ3) is 10.2.